The zero-order valence-corrected chi connectivity index (χ0v) is 16.3. The van der Waals surface area contributed by atoms with Crippen molar-refractivity contribution in [2.24, 2.45) is 0 Å². The average molecular weight is 408 g/mol. The molecule has 154 valence electrons. The molecule has 0 fully saturated rings. The van der Waals surface area contributed by atoms with Gasteiger partial charge in [-0.25, -0.2) is 9.59 Å². The molecular formula is C22H20N2O6. The Labute approximate surface area is 172 Å². The van der Waals surface area contributed by atoms with E-state index in [0.29, 0.717) is 34.2 Å². The molecule has 0 unspecified atom stereocenters. The van der Waals surface area contributed by atoms with Crippen molar-refractivity contribution in [3.63, 3.8) is 0 Å². The minimum Gasteiger partial charge on any atom is -0.497 e. The van der Waals surface area contributed by atoms with Crippen LogP contribution in [0.5, 0.6) is 11.5 Å². The van der Waals surface area contributed by atoms with E-state index in [1.54, 1.807) is 18.2 Å². The van der Waals surface area contributed by atoms with Crippen molar-refractivity contribution < 1.29 is 29.3 Å². The van der Waals surface area contributed by atoms with Crippen LogP contribution >= 0.6 is 0 Å². The molecule has 0 bridgehead atoms. The molecule has 0 amide bonds. The van der Waals surface area contributed by atoms with Gasteiger partial charge in [-0.2, -0.15) is 0 Å². The molecule has 8 heteroatoms. The summed E-state index contributed by atoms with van der Waals surface area (Å²) in [4.78, 5) is 23.3. The molecule has 3 aromatic rings. The van der Waals surface area contributed by atoms with E-state index in [1.165, 1.54) is 26.4 Å². The van der Waals surface area contributed by atoms with Gasteiger partial charge in [-0.05, 0) is 36.4 Å². The first-order chi connectivity index (χ1) is 14.4. The molecule has 30 heavy (non-hydrogen) atoms. The first-order valence-corrected chi connectivity index (χ1v) is 8.88. The average Bonchev–Trinajstić information content (AvgIpc) is 2.75. The van der Waals surface area contributed by atoms with E-state index in [2.05, 4.69) is 10.6 Å². The number of benzene rings is 3. The van der Waals surface area contributed by atoms with Crippen molar-refractivity contribution in [2.45, 2.75) is 0 Å². The Hall–Kier alpha value is -4.20. The maximum absolute atomic E-state index is 11.7. The second kappa shape index (κ2) is 8.87. The Morgan fingerprint density at radius 1 is 0.733 bits per heavy atom. The second-order valence-electron chi connectivity index (χ2n) is 6.24. The highest BCUT2D eigenvalue weighted by Gasteiger charge is 2.20. The van der Waals surface area contributed by atoms with Gasteiger partial charge in [-0.15, -0.1) is 0 Å². The zero-order valence-electron chi connectivity index (χ0n) is 16.3. The SMILES string of the molecule is COc1ccc(Nc2cc(C(=O)O)c(C(=O)O)cc2Nc2ccccc2)c(OC)c1. The van der Waals surface area contributed by atoms with Crippen LogP contribution in [0.1, 0.15) is 20.7 Å². The van der Waals surface area contributed by atoms with E-state index in [0.717, 1.165) is 0 Å². The number of nitrogens with one attached hydrogen (secondary N) is 2. The van der Waals surface area contributed by atoms with Crippen LogP contribution in [0.3, 0.4) is 0 Å². The van der Waals surface area contributed by atoms with Crippen LogP contribution < -0.4 is 20.1 Å². The van der Waals surface area contributed by atoms with E-state index in [1.807, 2.05) is 30.3 Å². The second-order valence-corrected chi connectivity index (χ2v) is 6.24. The van der Waals surface area contributed by atoms with Crippen LogP contribution in [0, 0.1) is 0 Å². The lowest BCUT2D eigenvalue weighted by Crippen LogP contribution is -2.10. The summed E-state index contributed by atoms with van der Waals surface area (Å²) in [5.41, 5.74) is 1.35. The van der Waals surface area contributed by atoms with Gasteiger partial charge in [0.2, 0.25) is 0 Å². The van der Waals surface area contributed by atoms with Gasteiger partial charge in [0.1, 0.15) is 11.5 Å². The number of para-hydroxylation sites is 1. The third-order valence-electron chi connectivity index (χ3n) is 4.35. The van der Waals surface area contributed by atoms with Gasteiger partial charge >= 0.3 is 11.9 Å². The Kier molecular flexibility index (Phi) is 6.07. The van der Waals surface area contributed by atoms with E-state index < -0.39 is 11.9 Å². The Balaban J connectivity index is 2.12. The highest BCUT2D eigenvalue weighted by Crippen LogP contribution is 2.36. The zero-order chi connectivity index (χ0) is 21.7. The van der Waals surface area contributed by atoms with Gasteiger partial charge in [0.05, 0.1) is 42.4 Å². The molecule has 0 aliphatic rings. The van der Waals surface area contributed by atoms with Gasteiger partial charge in [0, 0.05) is 11.8 Å². The first kappa shape index (κ1) is 20.5. The van der Waals surface area contributed by atoms with Crippen molar-refractivity contribution in [3.05, 3.63) is 71.8 Å². The molecule has 0 atom stereocenters. The summed E-state index contributed by atoms with van der Waals surface area (Å²) >= 11 is 0. The van der Waals surface area contributed by atoms with Crippen LogP contribution in [-0.2, 0) is 0 Å². The van der Waals surface area contributed by atoms with Crippen LogP contribution in [0.25, 0.3) is 0 Å². The molecule has 0 saturated heterocycles. The molecule has 3 rings (SSSR count). The summed E-state index contributed by atoms with van der Waals surface area (Å²) in [6.07, 6.45) is 0. The molecule has 0 spiro atoms. The number of hydrogen-bond acceptors (Lipinski definition) is 6. The molecule has 0 radical (unpaired) electrons. The van der Waals surface area contributed by atoms with Crippen LogP contribution in [0.4, 0.5) is 22.7 Å². The molecule has 0 aliphatic heterocycles. The molecule has 0 aromatic heterocycles. The molecule has 3 aromatic carbocycles. The Morgan fingerprint density at radius 3 is 1.87 bits per heavy atom. The van der Waals surface area contributed by atoms with Gasteiger partial charge in [0.15, 0.2) is 0 Å². The monoisotopic (exact) mass is 408 g/mol. The summed E-state index contributed by atoms with van der Waals surface area (Å²) in [5, 5.41) is 25.2. The number of ether oxygens (including phenoxy) is 2. The summed E-state index contributed by atoms with van der Waals surface area (Å²) in [7, 11) is 3.03. The molecule has 4 N–H and O–H groups in total. The Bertz CT molecular complexity index is 1080. The lowest BCUT2D eigenvalue weighted by molar-refractivity contribution is 0.0651. The van der Waals surface area contributed by atoms with E-state index >= 15 is 0 Å². The van der Waals surface area contributed by atoms with Crippen molar-refractivity contribution >= 4 is 34.7 Å². The van der Waals surface area contributed by atoms with E-state index in [-0.39, 0.29) is 11.1 Å². The molecule has 0 saturated carbocycles. The first-order valence-electron chi connectivity index (χ1n) is 8.88. The van der Waals surface area contributed by atoms with Gasteiger partial charge in [0.25, 0.3) is 0 Å². The van der Waals surface area contributed by atoms with Crippen LogP contribution in [-0.4, -0.2) is 36.4 Å². The summed E-state index contributed by atoms with van der Waals surface area (Å²) < 4.78 is 10.6. The largest absolute Gasteiger partial charge is 0.497 e. The summed E-state index contributed by atoms with van der Waals surface area (Å²) in [6, 6.07) is 16.8. The van der Waals surface area contributed by atoms with Gasteiger partial charge in [-0.1, -0.05) is 18.2 Å². The standard InChI is InChI=1S/C22H20N2O6/c1-29-14-8-9-17(20(10-14)30-2)24-19-12-16(22(27)28)15(21(25)26)11-18(19)23-13-6-4-3-5-7-13/h3-12,23-24H,1-2H3,(H,25,26)(H,27,28). The van der Waals surface area contributed by atoms with Crippen LogP contribution in [0.2, 0.25) is 0 Å². The third kappa shape index (κ3) is 4.44. The minimum atomic E-state index is -1.34. The normalized spacial score (nSPS) is 10.2. The highest BCUT2D eigenvalue weighted by atomic mass is 16.5. The van der Waals surface area contributed by atoms with Crippen molar-refractivity contribution in [1.82, 2.24) is 0 Å². The number of methoxy groups -OCH3 is 2. The van der Waals surface area contributed by atoms with Crippen LogP contribution in [0.15, 0.2) is 60.7 Å². The lowest BCUT2D eigenvalue weighted by atomic mass is 10.0. The number of aromatic carboxylic acids is 2. The van der Waals surface area contributed by atoms with Crippen molar-refractivity contribution in [3.8, 4) is 11.5 Å². The summed E-state index contributed by atoms with van der Waals surface area (Å²) in [6.45, 7) is 0. The fourth-order valence-electron chi connectivity index (χ4n) is 2.88. The fraction of sp³-hybridized carbons (Fsp3) is 0.0909. The minimum absolute atomic E-state index is 0.326. The molecular weight excluding hydrogens is 388 g/mol. The quantitative estimate of drug-likeness (QED) is 0.428. The number of anilines is 4. The third-order valence-corrected chi connectivity index (χ3v) is 4.35. The number of hydrogen-bond donors (Lipinski definition) is 4. The predicted octanol–water partition coefficient (Wildman–Crippen LogP) is 4.59. The van der Waals surface area contributed by atoms with Crippen molar-refractivity contribution in [1.29, 1.82) is 0 Å². The predicted molar refractivity (Wildman–Crippen MR) is 113 cm³/mol. The smallest absolute Gasteiger partial charge is 0.336 e. The topological polar surface area (TPSA) is 117 Å². The fourth-order valence-corrected chi connectivity index (χ4v) is 2.88. The number of carbonyl (C=O) groups is 2. The van der Waals surface area contributed by atoms with Gasteiger partial charge < -0.3 is 30.3 Å². The Morgan fingerprint density at radius 2 is 1.33 bits per heavy atom. The molecule has 0 heterocycles. The van der Waals surface area contributed by atoms with Crippen molar-refractivity contribution in [2.75, 3.05) is 24.9 Å². The maximum atomic E-state index is 11.7. The molecule has 8 nitrogen and oxygen atoms in total. The highest BCUT2D eigenvalue weighted by molar-refractivity contribution is 6.04. The van der Waals surface area contributed by atoms with E-state index in [4.69, 9.17) is 9.47 Å². The number of carboxylic acid groups (broad SMARTS) is 2. The maximum Gasteiger partial charge on any atom is 0.336 e. The summed E-state index contributed by atoms with van der Waals surface area (Å²) in [5.74, 6) is -1.62. The van der Waals surface area contributed by atoms with Gasteiger partial charge in [-0.3, -0.25) is 0 Å². The number of rotatable bonds is 8. The van der Waals surface area contributed by atoms with E-state index in [9.17, 15) is 19.8 Å². The number of carboxylic acids is 2. The lowest BCUT2D eigenvalue weighted by Gasteiger charge is -2.18. The molecule has 0 aliphatic carbocycles.